The molecule has 0 aliphatic heterocycles. The van der Waals surface area contributed by atoms with Crippen LogP contribution in [-0.4, -0.2) is 22.3 Å². The number of pyridine rings is 1. The lowest BCUT2D eigenvalue weighted by Crippen LogP contribution is -2.29. The first-order chi connectivity index (χ1) is 11.1. The van der Waals surface area contributed by atoms with Gasteiger partial charge in [-0.05, 0) is 42.8 Å². The van der Waals surface area contributed by atoms with Crippen molar-refractivity contribution in [3.05, 3.63) is 64.0 Å². The summed E-state index contributed by atoms with van der Waals surface area (Å²) >= 11 is 7.56. The molecule has 23 heavy (non-hydrogen) atoms. The normalized spacial score (nSPS) is 10.9. The first-order valence-corrected chi connectivity index (χ1v) is 8.35. The number of aromatic nitrogens is 1. The minimum absolute atomic E-state index is 0.143. The van der Waals surface area contributed by atoms with E-state index in [0.29, 0.717) is 33.1 Å². The van der Waals surface area contributed by atoms with E-state index in [2.05, 4.69) is 4.98 Å². The molecule has 3 aromatic rings. The van der Waals surface area contributed by atoms with Crippen molar-refractivity contribution in [3.63, 3.8) is 0 Å². The third kappa shape index (κ3) is 3.21. The monoisotopic (exact) mass is 348 g/mol. The molecule has 0 aliphatic rings. The second kappa shape index (κ2) is 6.64. The number of carbonyl (C=O) groups is 1. The topological polar surface area (TPSA) is 33.2 Å². The maximum Gasteiger partial charge on any atom is 0.265 e. The van der Waals surface area contributed by atoms with E-state index in [9.17, 15) is 9.18 Å². The Labute approximate surface area is 142 Å². The lowest BCUT2D eigenvalue weighted by atomic mass is 10.2. The molecular formula is C17H14ClFN2OS. The van der Waals surface area contributed by atoms with Gasteiger partial charge in [0.25, 0.3) is 5.91 Å². The molecule has 0 aliphatic carbocycles. The Morgan fingerprint density at radius 2 is 2.04 bits per heavy atom. The number of fused-ring (bicyclic) bond motifs is 1. The first kappa shape index (κ1) is 15.9. The molecule has 3 nitrogen and oxygen atoms in total. The van der Waals surface area contributed by atoms with Gasteiger partial charge in [-0.25, -0.2) is 4.39 Å². The van der Waals surface area contributed by atoms with Crippen molar-refractivity contribution in [2.45, 2.75) is 13.5 Å². The van der Waals surface area contributed by atoms with Crippen LogP contribution in [0.4, 0.5) is 4.39 Å². The number of nitrogens with zero attached hydrogens (tertiary/aromatic N) is 2. The van der Waals surface area contributed by atoms with Crippen LogP contribution >= 0.6 is 22.9 Å². The van der Waals surface area contributed by atoms with E-state index in [1.165, 1.54) is 23.5 Å². The molecule has 0 saturated carbocycles. The van der Waals surface area contributed by atoms with E-state index in [0.717, 1.165) is 5.56 Å². The molecule has 0 atom stereocenters. The van der Waals surface area contributed by atoms with Crippen molar-refractivity contribution in [2.24, 2.45) is 0 Å². The molecule has 2 heterocycles. The largest absolute Gasteiger partial charge is 0.334 e. The Morgan fingerprint density at radius 3 is 2.74 bits per heavy atom. The predicted octanol–water partition coefficient (Wildman–Crippen LogP) is 4.75. The standard InChI is InChI=1S/C17H14ClFN2OS/c1-2-21(10-11-5-7-20-8-6-11)17(22)16-15(18)13-4-3-12(19)9-14(13)23-16/h3-9H,2,10H2,1H3. The van der Waals surface area contributed by atoms with Crippen LogP contribution in [0.5, 0.6) is 0 Å². The second-order valence-corrected chi connectivity index (χ2v) is 6.49. The van der Waals surface area contributed by atoms with Gasteiger partial charge in [0.15, 0.2) is 0 Å². The van der Waals surface area contributed by atoms with Gasteiger partial charge < -0.3 is 4.90 Å². The lowest BCUT2D eigenvalue weighted by molar-refractivity contribution is 0.0757. The zero-order valence-electron chi connectivity index (χ0n) is 12.4. The number of hydrogen-bond donors (Lipinski definition) is 0. The first-order valence-electron chi connectivity index (χ1n) is 7.16. The van der Waals surface area contributed by atoms with E-state index in [-0.39, 0.29) is 11.7 Å². The summed E-state index contributed by atoms with van der Waals surface area (Å²) in [4.78, 5) is 18.9. The van der Waals surface area contributed by atoms with Gasteiger partial charge in [-0.2, -0.15) is 0 Å². The van der Waals surface area contributed by atoms with Gasteiger partial charge in [-0.1, -0.05) is 11.6 Å². The third-order valence-electron chi connectivity index (χ3n) is 3.58. The SMILES string of the molecule is CCN(Cc1ccncc1)C(=O)c1sc2cc(F)ccc2c1Cl. The highest BCUT2D eigenvalue weighted by atomic mass is 35.5. The summed E-state index contributed by atoms with van der Waals surface area (Å²) in [6.07, 6.45) is 3.39. The Kier molecular flexibility index (Phi) is 4.59. The summed E-state index contributed by atoms with van der Waals surface area (Å²) in [7, 11) is 0. The highest BCUT2D eigenvalue weighted by Crippen LogP contribution is 2.36. The van der Waals surface area contributed by atoms with Crippen molar-refractivity contribution < 1.29 is 9.18 Å². The molecule has 0 saturated heterocycles. The number of thiophene rings is 1. The van der Waals surface area contributed by atoms with E-state index in [1.54, 1.807) is 23.4 Å². The van der Waals surface area contributed by atoms with Gasteiger partial charge in [-0.3, -0.25) is 9.78 Å². The van der Waals surface area contributed by atoms with Crippen molar-refractivity contribution in [2.75, 3.05) is 6.54 Å². The summed E-state index contributed by atoms with van der Waals surface area (Å²) in [5.41, 5.74) is 0.999. The highest BCUT2D eigenvalue weighted by Gasteiger charge is 2.22. The Hall–Kier alpha value is -1.98. The van der Waals surface area contributed by atoms with Gasteiger partial charge in [-0.15, -0.1) is 11.3 Å². The number of rotatable bonds is 4. The average Bonchev–Trinajstić information content (AvgIpc) is 2.89. The molecule has 6 heteroatoms. The molecule has 2 aromatic heterocycles. The zero-order valence-corrected chi connectivity index (χ0v) is 14.0. The molecule has 0 fully saturated rings. The molecule has 0 spiro atoms. The molecular weight excluding hydrogens is 335 g/mol. The molecule has 1 aromatic carbocycles. The maximum absolute atomic E-state index is 13.4. The zero-order chi connectivity index (χ0) is 16.4. The number of amides is 1. The van der Waals surface area contributed by atoms with Crippen LogP contribution < -0.4 is 0 Å². The number of hydrogen-bond acceptors (Lipinski definition) is 3. The number of carbonyl (C=O) groups excluding carboxylic acids is 1. The van der Waals surface area contributed by atoms with Gasteiger partial charge in [0.05, 0.1) is 5.02 Å². The van der Waals surface area contributed by atoms with Gasteiger partial charge in [0.2, 0.25) is 0 Å². The van der Waals surface area contributed by atoms with Crippen LogP contribution in [0.2, 0.25) is 5.02 Å². The Morgan fingerprint density at radius 1 is 1.30 bits per heavy atom. The summed E-state index contributed by atoms with van der Waals surface area (Å²) < 4.78 is 14.0. The summed E-state index contributed by atoms with van der Waals surface area (Å²) in [5.74, 6) is -0.477. The summed E-state index contributed by atoms with van der Waals surface area (Å²) in [6.45, 7) is 2.96. The molecule has 3 rings (SSSR count). The van der Waals surface area contributed by atoms with Gasteiger partial charge in [0, 0.05) is 35.6 Å². The lowest BCUT2D eigenvalue weighted by Gasteiger charge is -2.20. The minimum Gasteiger partial charge on any atom is -0.334 e. The molecule has 1 amide bonds. The smallest absolute Gasteiger partial charge is 0.265 e. The van der Waals surface area contributed by atoms with Crippen LogP contribution in [0.1, 0.15) is 22.2 Å². The molecule has 0 N–H and O–H groups in total. The average molecular weight is 349 g/mol. The molecule has 0 radical (unpaired) electrons. The van der Waals surface area contributed by atoms with Crippen molar-refractivity contribution in [1.82, 2.24) is 9.88 Å². The fourth-order valence-corrected chi connectivity index (χ4v) is 3.86. The molecule has 0 bridgehead atoms. The van der Waals surface area contributed by atoms with Crippen LogP contribution in [0.3, 0.4) is 0 Å². The Bertz CT molecular complexity index is 850. The summed E-state index contributed by atoms with van der Waals surface area (Å²) in [5, 5.41) is 1.10. The van der Waals surface area contributed by atoms with Crippen LogP contribution in [0.25, 0.3) is 10.1 Å². The van der Waals surface area contributed by atoms with E-state index >= 15 is 0 Å². The third-order valence-corrected chi connectivity index (χ3v) is 5.22. The molecule has 118 valence electrons. The summed E-state index contributed by atoms with van der Waals surface area (Å²) in [6, 6.07) is 8.11. The van der Waals surface area contributed by atoms with Crippen LogP contribution in [0.15, 0.2) is 42.7 Å². The van der Waals surface area contributed by atoms with Crippen molar-refractivity contribution in [3.8, 4) is 0 Å². The van der Waals surface area contributed by atoms with Crippen LogP contribution in [-0.2, 0) is 6.54 Å². The highest BCUT2D eigenvalue weighted by molar-refractivity contribution is 7.21. The van der Waals surface area contributed by atoms with Gasteiger partial charge >= 0.3 is 0 Å². The van der Waals surface area contributed by atoms with Crippen molar-refractivity contribution in [1.29, 1.82) is 0 Å². The van der Waals surface area contributed by atoms with Crippen LogP contribution in [0, 0.1) is 5.82 Å². The van der Waals surface area contributed by atoms with Crippen molar-refractivity contribution >= 4 is 38.9 Å². The maximum atomic E-state index is 13.4. The van der Waals surface area contributed by atoms with E-state index in [1.807, 2.05) is 19.1 Å². The van der Waals surface area contributed by atoms with E-state index < -0.39 is 0 Å². The fraction of sp³-hybridized carbons (Fsp3) is 0.176. The number of benzene rings is 1. The van der Waals surface area contributed by atoms with Gasteiger partial charge in [0.1, 0.15) is 10.7 Å². The number of halogens is 2. The van der Waals surface area contributed by atoms with E-state index in [4.69, 9.17) is 11.6 Å². The molecule has 0 unspecified atom stereocenters. The minimum atomic E-state index is -0.335. The Balaban J connectivity index is 1.93. The quantitative estimate of drug-likeness (QED) is 0.681. The second-order valence-electron chi connectivity index (χ2n) is 5.06. The fourth-order valence-electron chi connectivity index (χ4n) is 2.36. The predicted molar refractivity (Wildman–Crippen MR) is 91.4 cm³/mol.